The Morgan fingerprint density at radius 2 is 1.09 bits per heavy atom. The molecular weight excluding hydrogens is 420 g/mol. The molecule has 0 atom stereocenters. The zero-order valence-electron chi connectivity index (χ0n) is 18.9. The molecule has 0 radical (unpaired) electrons. The fourth-order valence-corrected chi connectivity index (χ4v) is 6.37. The van der Waals surface area contributed by atoms with Gasteiger partial charge in [-0.2, -0.15) is 0 Å². The summed E-state index contributed by atoms with van der Waals surface area (Å²) in [6, 6.07) is 11.9. The molecular formula is C26H34N2O3S. The van der Waals surface area contributed by atoms with Crippen LogP contribution in [0.1, 0.15) is 38.5 Å². The van der Waals surface area contributed by atoms with Gasteiger partial charge in [-0.1, -0.05) is 12.8 Å². The summed E-state index contributed by atoms with van der Waals surface area (Å²) >= 11 is 0. The molecule has 3 heterocycles. The molecule has 0 N–H and O–H groups in total. The first-order chi connectivity index (χ1) is 15.8. The predicted molar refractivity (Wildman–Crippen MR) is 128 cm³/mol. The molecule has 32 heavy (non-hydrogen) atoms. The van der Waals surface area contributed by atoms with Crippen LogP contribution < -0.4 is 9.47 Å². The van der Waals surface area contributed by atoms with Gasteiger partial charge < -0.3 is 9.47 Å². The first-order valence-electron chi connectivity index (χ1n) is 12.2. The monoisotopic (exact) mass is 454 g/mol. The van der Waals surface area contributed by atoms with Gasteiger partial charge in [0, 0.05) is 24.2 Å². The van der Waals surface area contributed by atoms with Crippen LogP contribution in [0.25, 0.3) is 11.1 Å². The highest BCUT2D eigenvalue weighted by Crippen LogP contribution is 2.43. The van der Waals surface area contributed by atoms with Crippen molar-refractivity contribution in [3.05, 3.63) is 36.4 Å². The second-order valence-electron chi connectivity index (χ2n) is 9.09. The van der Waals surface area contributed by atoms with E-state index in [0.717, 1.165) is 45.5 Å². The van der Waals surface area contributed by atoms with E-state index in [1.807, 2.05) is 36.4 Å². The van der Waals surface area contributed by atoms with E-state index < -0.39 is 10.8 Å². The summed E-state index contributed by atoms with van der Waals surface area (Å²) in [4.78, 5) is 6.70. The Hall–Kier alpha value is -1.89. The summed E-state index contributed by atoms with van der Waals surface area (Å²) in [5.74, 6) is 1.70. The maximum Gasteiger partial charge on any atom is 0.120 e. The third-order valence-electron chi connectivity index (χ3n) is 6.84. The molecule has 0 spiro atoms. The lowest BCUT2D eigenvalue weighted by Gasteiger charge is -2.26. The van der Waals surface area contributed by atoms with Crippen LogP contribution in [-0.4, -0.2) is 66.5 Å². The summed E-state index contributed by atoms with van der Waals surface area (Å²) < 4.78 is 25.1. The zero-order valence-corrected chi connectivity index (χ0v) is 19.7. The highest BCUT2D eigenvalue weighted by molar-refractivity contribution is 7.85. The molecule has 2 aromatic carbocycles. The number of nitrogens with zero attached hydrogens (tertiary/aromatic N) is 2. The number of benzene rings is 2. The first-order valence-corrected chi connectivity index (χ1v) is 13.3. The van der Waals surface area contributed by atoms with Crippen molar-refractivity contribution in [1.82, 2.24) is 9.80 Å². The quantitative estimate of drug-likeness (QED) is 0.499. The normalized spacial score (nSPS) is 19.5. The molecule has 2 aromatic rings. The highest BCUT2D eigenvalue weighted by atomic mass is 32.2. The van der Waals surface area contributed by atoms with Crippen molar-refractivity contribution < 1.29 is 13.7 Å². The average Bonchev–Trinajstić information content (AvgIpc) is 3.11. The second-order valence-corrected chi connectivity index (χ2v) is 10.5. The number of hydrogen-bond acceptors (Lipinski definition) is 5. The molecule has 3 aliphatic rings. The molecule has 2 saturated heterocycles. The van der Waals surface area contributed by atoms with E-state index in [1.54, 1.807) is 0 Å². The summed E-state index contributed by atoms with van der Waals surface area (Å²) in [5, 5.41) is 0. The Balaban J connectivity index is 1.23. The summed E-state index contributed by atoms with van der Waals surface area (Å²) in [6.45, 7) is 8.04. The number of fused-ring (bicyclic) bond motifs is 3. The van der Waals surface area contributed by atoms with E-state index in [4.69, 9.17) is 9.47 Å². The number of piperidine rings is 2. The first kappa shape index (κ1) is 21.9. The van der Waals surface area contributed by atoms with Crippen LogP contribution in [-0.2, 0) is 10.8 Å². The molecule has 172 valence electrons. The molecule has 0 saturated carbocycles. The van der Waals surface area contributed by atoms with E-state index in [1.165, 1.54) is 64.7 Å². The van der Waals surface area contributed by atoms with Crippen LogP contribution in [0.15, 0.2) is 46.2 Å². The van der Waals surface area contributed by atoms with Crippen molar-refractivity contribution in [3.63, 3.8) is 0 Å². The van der Waals surface area contributed by atoms with Crippen LogP contribution in [0.2, 0.25) is 0 Å². The van der Waals surface area contributed by atoms with E-state index >= 15 is 0 Å². The van der Waals surface area contributed by atoms with Gasteiger partial charge in [-0.05, 0) is 88.3 Å². The second kappa shape index (κ2) is 10.4. The Bertz CT molecular complexity index is 877. The lowest BCUT2D eigenvalue weighted by atomic mass is 10.1. The fourth-order valence-electron chi connectivity index (χ4n) is 5.01. The Morgan fingerprint density at radius 3 is 1.53 bits per heavy atom. The van der Waals surface area contributed by atoms with Gasteiger partial charge in [0.25, 0.3) is 0 Å². The van der Waals surface area contributed by atoms with E-state index in [-0.39, 0.29) is 0 Å². The van der Waals surface area contributed by atoms with Crippen molar-refractivity contribution in [1.29, 1.82) is 0 Å². The molecule has 0 aliphatic carbocycles. The summed E-state index contributed by atoms with van der Waals surface area (Å²) in [6.07, 6.45) is 7.88. The van der Waals surface area contributed by atoms with Gasteiger partial charge in [-0.25, -0.2) is 4.21 Å². The van der Waals surface area contributed by atoms with Gasteiger partial charge in [-0.3, -0.25) is 9.80 Å². The molecule has 3 aliphatic heterocycles. The van der Waals surface area contributed by atoms with Crippen molar-refractivity contribution in [2.75, 3.05) is 52.5 Å². The number of ether oxygens (including phenoxy) is 2. The average molecular weight is 455 g/mol. The fraction of sp³-hybridized carbons (Fsp3) is 0.538. The molecule has 5 rings (SSSR count). The molecule has 0 aromatic heterocycles. The lowest BCUT2D eigenvalue weighted by Crippen LogP contribution is -2.33. The zero-order chi connectivity index (χ0) is 21.8. The molecule has 0 bridgehead atoms. The Kier molecular flexibility index (Phi) is 7.10. The standard InChI is InChI=1S/C26H34N2O3S/c29-32-25-9-7-21(30-17-15-27-11-3-1-4-12-27)19-23(25)24-20-22(8-10-26(24)32)31-18-16-28-13-5-2-6-14-28/h7-10,19-20H,1-6,11-18H2. The van der Waals surface area contributed by atoms with Crippen LogP contribution >= 0.6 is 0 Å². The summed E-state index contributed by atoms with van der Waals surface area (Å²) in [7, 11) is -1.14. The van der Waals surface area contributed by atoms with E-state index in [9.17, 15) is 4.21 Å². The SMILES string of the molecule is O=S1c2ccc(OCCN3CCCCC3)cc2-c2cc(OCCN3CCCCC3)ccc21. The molecule has 0 unspecified atom stereocenters. The molecule has 6 heteroatoms. The Labute approximate surface area is 194 Å². The van der Waals surface area contributed by atoms with E-state index in [2.05, 4.69) is 9.80 Å². The van der Waals surface area contributed by atoms with Gasteiger partial charge in [-0.15, -0.1) is 0 Å². The van der Waals surface area contributed by atoms with Crippen LogP contribution in [0.5, 0.6) is 11.5 Å². The molecule has 5 nitrogen and oxygen atoms in total. The van der Waals surface area contributed by atoms with Crippen LogP contribution in [0, 0.1) is 0 Å². The third kappa shape index (κ3) is 5.03. The number of likely N-dealkylation sites (tertiary alicyclic amines) is 2. The van der Waals surface area contributed by atoms with Gasteiger partial charge >= 0.3 is 0 Å². The Morgan fingerprint density at radius 1 is 0.656 bits per heavy atom. The minimum Gasteiger partial charge on any atom is -0.492 e. The topological polar surface area (TPSA) is 42.0 Å². The highest BCUT2D eigenvalue weighted by Gasteiger charge is 2.26. The molecule has 0 amide bonds. The maximum absolute atomic E-state index is 13.0. The van der Waals surface area contributed by atoms with Crippen molar-refractivity contribution in [2.45, 2.75) is 48.3 Å². The van der Waals surface area contributed by atoms with E-state index in [0.29, 0.717) is 13.2 Å². The van der Waals surface area contributed by atoms with Crippen LogP contribution in [0.3, 0.4) is 0 Å². The van der Waals surface area contributed by atoms with Crippen molar-refractivity contribution in [2.24, 2.45) is 0 Å². The summed E-state index contributed by atoms with van der Waals surface area (Å²) in [5.41, 5.74) is 2.02. The minimum atomic E-state index is -1.14. The number of hydrogen-bond donors (Lipinski definition) is 0. The number of rotatable bonds is 8. The smallest absolute Gasteiger partial charge is 0.120 e. The maximum atomic E-state index is 13.0. The predicted octanol–water partition coefficient (Wildman–Crippen LogP) is 4.56. The van der Waals surface area contributed by atoms with Gasteiger partial charge in [0.1, 0.15) is 24.7 Å². The van der Waals surface area contributed by atoms with Crippen molar-refractivity contribution >= 4 is 10.8 Å². The van der Waals surface area contributed by atoms with Crippen molar-refractivity contribution in [3.8, 4) is 22.6 Å². The van der Waals surface area contributed by atoms with Crippen LogP contribution in [0.4, 0.5) is 0 Å². The van der Waals surface area contributed by atoms with Gasteiger partial charge in [0.05, 0.1) is 20.6 Å². The third-order valence-corrected chi connectivity index (χ3v) is 8.35. The minimum absolute atomic E-state index is 0.689. The lowest BCUT2D eigenvalue weighted by molar-refractivity contribution is 0.183. The van der Waals surface area contributed by atoms with Gasteiger partial charge in [0.15, 0.2) is 0 Å². The van der Waals surface area contributed by atoms with Gasteiger partial charge in [0.2, 0.25) is 0 Å². The largest absolute Gasteiger partial charge is 0.492 e. The molecule has 2 fully saturated rings.